The van der Waals surface area contributed by atoms with Gasteiger partial charge < -0.3 is 25.0 Å². The van der Waals surface area contributed by atoms with Crippen LogP contribution < -0.4 is 5.32 Å². The van der Waals surface area contributed by atoms with Crippen LogP contribution in [-0.4, -0.2) is 38.9 Å². The summed E-state index contributed by atoms with van der Waals surface area (Å²) in [7, 11) is 0. The molecule has 0 radical (unpaired) electrons. The van der Waals surface area contributed by atoms with Crippen LogP contribution in [0.2, 0.25) is 0 Å². The van der Waals surface area contributed by atoms with Crippen LogP contribution in [0, 0.1) is 5.92 Å². The van der Waals surface area contributed by atoms with Crippen LogP contribution in [0.15, 0.2) is 77.1 Å². The molecule has 2 heterocycles. The summed E-state index contributed by atoms with van der Waals surface area (Å²) in [5.74, 6) is -0.282. The molecule has 1 fully saturated rings. The van der Waals surface area contributed by atoms with Gasteiger partial charge in [-0.25, -0.2) is 4.98 Å². The number of carboxylic acid groups (broad SMARTS) is 1. The van der Waals surface area contributed by atoms with Gasteiger partial charge in [0.2, 0.25) is 5.91 Å². The number of aliphatic hydroxyl groups excluding tert-OH is 1. The summed E-state index contributed by atoms with van der Waals surface area (Å²) in [6.07, 6.45) is -0.408. The number of thioether (sulfide) groups is 1. The van der Waals surface area contributed by atoms with Gasteiger partial charge in [0.15, 0.2) is 10.6 Å². The number of carbonyl (C=O) groups is 2. The van der Waals surface area contributed by atoms with E-state index in [1.807, 2.05) is 66.7 Å². The summed E-state index contributed by atoms with van der Waals surface area (Å²) < 4.78 is 15.3. The third-order valence-electron chi connectivity index (χ3n) is 7.30. The second-order valence-electron chi connectivity index (χ2n) is 10.3. The predicted molar refractivity (Wildman–Crippen MR) is 163 cm³/mol. The van der Waals surface area contributed by atoms with Crippen LogP contribution in [-0.2, 0) is 32.2 Å². The number of aromatic nitrogens is 1. The second-order valence-corrected chi connectivity index (χ2v) is 12.6. The van der Waals surface area contributed by atoms with Gasteiger partial charge in [0.1, 0.15) is 0 Å². The Kier molecular flexibility index (Phi) is 10.2. The molecule has 1 saturated heterocycles. The second kappa shape index (κ2) is 14.3. The van der Waals surface area contributed by atoms with Crippen LogP contribution in [0.1, 0.15) is 60.8 Å². The van der Waals surface area contributed by atoms with Gasteiger partial charge in [-0.1, -0.05) is 79.3 Å². The Balaban J connectivity index is 1.28. The first kappa shape index (κ1) is 30.2. The van der Waals surface area contributed by atoms with Crippen molar-refractivity contribution in [2.24, 2.45) is 5.92 Å². The Morgan fingerprint density at radius 2 is 1.67 bits per heavy atom. The van der Waals surface area contributed by atoms with E-state index in [1.54, 1.807) is 23.1 Å². The first-order valence-corrected chi connectivity index (χ1v) is 15.8. The van der Waals surface area contributed by atoms with Gasteiger partial charge in [-0.15, -0.1) is 11.3 Å². The molecule has 3 aromatic carbocycles. The van der Waals surface area contributed by atoms with Crippen LogP contribution in [0.5, 0.6) is 0 Å². The summed E-state index contributed by atoms with van der Waals surface area (Å²) in [5.41, 5.74) is 4.69. The molecule has 1 aliphatic heterocycles. The molecule has 8 nitrogen and oxygen atoms in total. The zero-order chi connectivity index (χ0) is 29.5. The first-order valence-electron chi connectivity index (χ1n) is 14.0. The monoisotopic (exact) mass is 606 g/mol. The van der Waals surface area contributed by atoms with Crippen LogP contribution in [0.4, 0.5) is 0 Å². The summed E-state index contributed by atoms with van der Waals surface area (Å²) in [4.78, 5) is 27.5. The molecule has 4 aromatic rings. The third-order valence-corrected chi connectivity index (χ3v) is 9.57. The number of rotatable bonds is 12. The van der Waals surface area contributed by atoms with Gasteiger partial charge in [-0.2, -0.15) is 0 Å². The Morgan fingerprint density at radius 3 is 2.38 bits per heavy atom. The fourth-order valence-electron chi connectivity index (χ4n) is 4.86. The molecule has 5 rings (SSSR count). The SMILES string of the molecule is C[C@H]1[C@@H](CSc2nc3ccccc3s2)O[C@@H](c2ccc(CNC(=O)CCCC(=O)O)cc2)O[C@H]1c1ccc(CO)cc1. The van der Waals surface area contributed by atoms with E-state index < -0.39 is 12.3 Å². The van der Waals surface area contributed by atoms with Crippen LogP contribution in [0.3, 0.4) is 0 Å². The number of hydrogen-bond acceptors (Lipinski definition) is 8. The highest BCUT2D eigenvalue weighted by Gasteiger charge is 2.38. The number of hydrogen-bond donors (Lipinski definition) is 3. The number of thiazole rings is 1. The molecule has 4 atom stereocenters. The zero-order valence-electron chi connectivity index (χ0n) is 23.3. The number of carbonyl (C=O) groups excluding carboxylic acids is 1. The number of aliphatic hydroxyl groups is 1. The Bertz CT molecular complexity index is 1460. The topological polar surface area (TPSA) is 118 Å². The van der Waals surface area contributed by atoms with Crippen molar-refractivity contribution in [1.82, 2.24) is 10.3 Å². The number of ether oxygens (including phenoxy) is 2. The highest BCUT2D eigenvalue weighted by Crippen LogP contribution is 2.43. The molecule has 0 bridgehead atoms. The minimum absolute atomic E-state index is 0.0103. The van der Waals surface area contributed by atoms with E-state index in [2.05, 4.69) is 18.3 Å². The van der Waals surface area contributed by atoms with Crippen molar-refractivity contribution in [2.45, 2.75) is 62.2 Å². The quantitative estimate of drug-likeness (QED) is 0.162. The van der Waals surface area contributed by atoms with Crippen molar-refractivity contribution in [1.29, 1.82) is 0 Å². The van der Waals surface area contributed by atoms with Gasteiger partial charge in [0, 0.05) is 36.6 Å². The summed E-state index contributed by atoms with van der Waals surface area (Å²) >= 11 is 3.38. The van der Waals surface area contributed by atoms with Crippen LogP contribution in [0.25, 0.3) is 10.2 Å². The highest BCUT2D eigenvalue weighted by molar-refractivity contribution is 8.01. The predicted octanol–water partition coefficient (Wildman–Crippen LogP) is 6.24. The molecular formula is C32H34N2O6S2. The Morgan fingerprint density at radius 1 is 0.952 bits per heavy atom. The largest absolute Gasteiger partial charge is 0.481 e. The maximum absolute atomic E-state index is 12.0. The zero-order valence-corrected chi connectivity index (χ0v) is 24.9. The third kappa shape index (κ3) is 7.76. The van der Waals surface area contributed by atoms with Crippen molar-refractivity contribution < 1.29 is 29.3 Å². The number of amides is 1. The number of carboxylic acids is 1. The number of aliphatic carboxylic acids is 1. The van der Waals surface area contributed by atoms with Crippen LogP contribution >= 0.6 is 23.1 Å². The number of nitrogens with zero attached hydrogens (tertiary/aromatic N) is 1. The van der Waals surface area contributed by atoms with E-state index in [9.17, 15) is 14.7 Å². The number of fused-ring (bicyclic) bond motifs is 1. The molecule has 0 saturated carbocycles. The molecule has 10 heteroatoms. The maximum atomic E-state index is 12.0. The first-order chi connectivity index (χ1) is 20.4. The number of nitrogens with one attached hydrogen (secondary N) is 1. The molecule has 3 N–H and O–H groups in total. The molecule has 0 unspecified atom stereocenters. The molecule has 0 spiro atoms. The fourth-order valence-corrected chi connectivity index (χ4v) is 7.12. The van der Waals surface area contributed by atoms with E-state index in [0.717, 1.165) is 42.6 Å². The van der Waals surface area contributed by atoms with E-state index in [1.165, 1.54) is 0 Å². The number of para-hydroxylation sites is 1. The fraction of sp³-hybridized carbons (Fsp3) is 0.344. The molecule has 1 amide bonds. The highest BCUT2D eigenvalue weighted by atomic mass is 32.2. The van der Waals surface area contributed by atoms with Crippen molar-refractivity contribution in [3.63, 3.8) is 0 Å². The minimum atomic E-state index is -0.901. The summed E-state index contributed by atoms with van der Waals surface area (Å²) in [5, 5.41) is 21.1. The van der Waals surface area contributed by atoms with Crippen molar-refractivity contribution in [3.05, 3.63) is 95.1 Å². The van der Waals surface area contributed by atoms with E-state index in [0.29, 0.717) is 13.0 Å². The summed E-state index contributed by atoms with van der Waals surface area (Å²) in [6, 6.07) is 23.8. The van der Waals surface area contributed by atoms with E-state index in [4.69, 9.17) is 19.6 Å². The van der Waals surface area contributed by atoms with Gasteiger partial charge in [0.25, 0.3) is 0 Å². The molecule has 0 aliphatic carbocycles. The molecular weight excluding hydrogens is 572 g/mol. The van der Waals surface area contributed by atoms with Crippen molar-refractivity contribution >= 4 is 45.2 Å². The molecule has 42 heavy (non-hydrogen) atoms. The minimum Gasteiger partial charge on any atom is -0.481 e. The summed E-state index contributed by atoms with van der Waals surface area (Å²) in [6.45, 7) is 2.49. The van der Waals surface area contributed by atoms with Crippen molar-refractivity contribution in [3.8, 4) is 0 Å². The van der Waals surface area contributed by atoms with Gasteiger partial charge in [-0.3, -0.25) is 9.59 Å². The smallest absolute Gasteiger partial charge is 0.303 e. The average molecular weight is 607 g/mol. The Hall–Kier alpha value is -3.28. The van der Waals surface area contributed by atoms with Crippen molar-refractivity contribution in [2.75, 3.05) is 5.75 Å². The van der Waals surface area contributed by atoms with E-state index >= 15 is 0 Å². The lowest BCUT2D eigenvalue weighted by molar-refractivity contribution is -0.268. The number of benzene rings is 3. The van der Waals surface area contributed by atoms with E-state index in [-0.39, 0.29) is 43.5 Å². The van der Waals surface area contributed by atoms with Gasteiger partial charge in [-0.05, 0) is 35.2 Å². The lowest BCUT2D eigenvalue weighted by Gasteiger charge is -2.41. The Labute approximate surface area is 253 Å². The molecule has 1 aromatic heterocycles. The maximum Gasteiger partial charge on any atom is 0.303 e. The lowest BCUT2D eigenvalue weighted by Crippen LogP contribution is -2.38. The van der Waals surface area contributed by atoms with Gasteiger partial charge >= 0.3 is 5.97 Å². The molecule has 220 valence electrons. The van der Waals surface area contributed by atoms with Gasteiger partial charge in [0.05, 0.1) is 29.0 Å². The molecule has 1 aliphatic rings. The normalized spacial score (nSPS) is 20.4. The lowest BCUT2D eigenvalue weighted by atomic mass is 9.91. The standard InChI is InChI=1S/C32H34N2O6S2/c1-20-26(19-41-32-34-25-5-2-3-6-27(25)42-32)39-31(40-30(20)23-13-11-22(18-35)12-14-23)24-15-9-21(10-16-24)17-33-28(36)7-4-8-29(37)38/h2-3,5-6,9-16,20,26,30-31,35H,4,7-8,17-19H2,1H3,(H,33,36)(H,37,38)/t20-,26+,30+,31+/m0/s1. The average Bonchev–Trinajstić information content (AvgIpc) is 3.43.